The minimum atomic E-state index is -0.546. The van der Waals surface area contributed by atoms with Crippen LogP contribution in [0.5, 0.6) is 0 Å². The number of hydrogen-bond acceptors (Lipinski definition) is 5. The van der Waals surface area contributed by atoms with Crippen LogP contribution in [-0.4, -0.2) is 45.1 Å². The predicted molar refractivity (Wildman–Crippen MR) is 84.0 cm³/mol. The number of oxazole rings is 1. The number of carbonyl (C=O) groups excluding carboxylic acids is 1. The number of carbonyl (C=O) groups is 1. The van der Waals surface area contributed by atoms with E-state index < -0.39 is 6.10 Å². The van der Waals surface area contributed by atoms with Gasteiger partial charge in [0.25, 0.3) is 5.91 Å². The molecule has 0 aromatic carbocycles. The summed E-state index contributed by atoms with van der Waals surface area (Å²) >= 11 is 0. The van der Waals surface area contributed by atoms with E-state index in [1.165, 1.54) is 0 Å². The van der Waals surface area contributed by atoms with Crippen LogP contribution >= 0.6 is 0 Å². The quantitative estimate of drug-likeness (QED) is 0.927. The van der Waals surface area contributed by atoms with Crippen molar-refractivity contribution >= 4 is 5.91 Å². The molecule has 1 amide bonds. The standard InChI is InChI=1S/C17H21N3O3/c1-3-15-19-11(2)16(23-15)17(22)20-9-12(14(21)10-20)8-13-6-4-5-7-18-13/h4-7,12,14,21H,3,8-10H2,1-2H3/t12-,14-/m1/s1. The summed E-state index contributed by atoms with van der Waals surface area (Å²) in [6, 6.07) is 5.73. The molecule has 3 rings (SSSR count). The van der Waals surface area contributed by atoms with Gasteiger partial charge in [-0.3, -0.25) is 9.78 Å². The second-order valence-electron chi connectivity index (χ2n) is 5.94. The van der Waals surface area contributed by atoms with Crippen LogP contribution in [0.1, 0.15) is 34.8 Å². The van der Waals surface area contributed by atoms with Gasteiger partial charge in [-0.05, 0) is 25.5 Å². The first-order chi connectivity index (χ1) is 11.1. The maximum atomic E-state index is 12.6. The first kappa shape index (κ1) is 15.7. The second kappa shape index (κ2) is 6.50. The second-order valence-corrected chi connectivity index (χ2v) is 5.94. The van der Waals surface area contributed by atoms with E-state index in [9.17, 15) is 9.90 Å². The number of likely N-dealkylation sites (tertiary alicyclic amines) is 1. The van der Waals surface area contributed by atoms with Crippen molar-refractivity contribution in [3.63, 3.8) is 0 Å². The maximum Gasteiger partial charge on any atom is 0.291 e. The third-order valence-electron chi connectivity index (χ3n) is 4.23. The zero-order chi connectivity index (χ0) is 16.4. The Morgan fingerprint density at radius 1 is 1.43 bits per heavy atom. The van der Waals surface area contributed by atoms with Crippen LogP contribution in [0.25, 0.3) is 0 Å². The van der Waals surface area contributed by atoms with Crippen LogP contribution in [0.2, 0.25) is 0 Å². The third kappa shape index (κ3) is 3.27. The Hall–Kier alpha value is -2.21. The van der Waals surface area contributed by atoms with Crippen molar-refractivity contribution in [2.24, 2.45) is 5.92 Å². The normalized spacial score (nSPS) is 20.9. The van der Waals surface area contributed by atoms with Crippen LogP contribution in [0.3, 0.4) is 0 Å². The molecular weight excluding hydrogens is 294 g/mol. The van der Waals surface area contributed by atoms with E-state index in [4.69, 9.17) is 4.42 Å². The zero-order valence-corrected chi connectivity index (χ0v) is 13.4. The molecule has 3 heterocycles. The van der Waals surface area contributed by atoms with Crippen molar-refractivity contribution in [3.8, 4) is 0 Å². The van der Waals surface area contributed by atoms with E-state index in [-0.39, 0.29) is 17.6 Å². The molecule has 2 aromatic rings. The van der Waals surface area contributed by atoms with Gasteiger partial charge >= 0.3 is 0 Å². The molecule has 0 aliphatic carbocycles. The first-order valence-electron chi connectivity index (χ1n) is 7.92. The highest BCUT2D eigenvalue weighted by atomic mass is 16.4. The SMILES string of the molecule is CCc1nc(C)c(C(=O)N2C[C@@H](Cc3ccccn3)[C@H](O)C2)o1. The number of nitrogens with zero attached hydrogens (tertiary/aromatic N) is 3. The molecule has 1 saturated heterocycles. The molecule has 122 valence electrons. The molecule has 0 radical (unpaired) electrons. The molecular formula is C17H21N3O3. The zero-order valence-electron chi connectivity index (χ0n) is 13.4. The Labute approximate surface area is 135 Å². The molecule has 2 atom stereocenters. The highest BCUT2D eigenvalue weighted by Gasteiger charge is 2.36. The van der Waals surface area contributed by atoms with Gasteiger partial charge in [0, 0.05) is 37.3 Å². The summed E-state index contributed by atoms with van der Waals surface area (Å²) in [4.78, 5) is 22.8. The third-order valence-corrected chi connectivity index (χ3v) is 4.23. The van der Waals surface area contributed by atoms with Crippen LogP contribution in [0, 0.1) is 12.8 Å². The number of aliphatic hydroxyl groups excluding tert-OH is 1. The number of aryl methyl sites for hydroxylation is 2. The highest BCUT2D eigenvalue weighted by Crippen LogP contribution is 2.24. The monoisotopic (exact) mass is 315 g/mol. The van der Waals surface area contributed by atoms with Gasteiger partial charge in [-0.1, -0.05) is 13.0 Å². The highest BCUT2D eigenvalue weighted by molar-refractivity contribution is 5.92. The minimum absolute atomic E-state index is 0.0114. The Morgan fingerprint density at radius 2 is 2.26 bits per heavy atom. The minimum Gasteiger partial charge on any atom is -0.435 e. The summed E-state index contributed by atoms with van der Waals surface area (Å²) in [5.41, 5.74) is 1.53. The van der Waals surface area contributed by atoms with Gasteiger partial charge in [0.15, 0.2) is 5.89 Å². The fourth-order valence-corrected chi connectivity index (χ4v) is 2.95. The largest absolute Gasteiger partial charge is 0.435 e. The molecule has 23 heavy (non-hydrogen) atoms. The van der Waals surface area contributed by atoms with E-state index in [1.807, 2.05) is 25.1 Å². The van der Waals surface area contributed by atoms with E-state index >= 15 is 0 Å². The lowest BCUT2D eigenvalue weighted by atomic mass is 10.00. The van der Waals surface area contributed by atoms with E-state index in [0.29, 0.717) is 37.5 Å². The maximum absolute atomic E-state index is 12.6. The molecule has 1 fully saturated rings. The molecule has 6 heteroatoms. The van der Waals surface area contributed by atoms with Gasteiger partial charge in [0.2, 0.25) is 5.76 Å². The van der Waals surface area contributed by atoms with Crippen molar-refractivity contribution < 1.29 is 14.3 Å². The van der Waals surface area contributed by atoms with Gasteiger partial charge < -0.3 is 14.4 Å². The molecule has 6 nitrogen and oxygen atoms in total. The topological polar surface area (TPSA) is 79.5 Å². The summed E-state index contributed by atoms with van der Waals surface area (Å²) in [7, 11) is 0. The van der Waals surface area contributed by atoms with Gasteiger partial charge in [-0.2, -0.15) is 0 Å². The number of amides is 1. The van der Waals surface area contributed by atoms with Crippen LogP contribution in [0.15, 0.2) is 28.8 Å². The Balaban J connectivity index is 1.70. The molecule has 0 unspecified atom stereocenters. The van der Waals surface area contributed by atoms with Gasteiger partial charge in [-0.25, -0.2) is 4.98 Å². The van der Waals surface area contributed by atoms with Gasteiger partial charge in [-0.15, -0.1) is 0 Å². The molecule has 1 aliphatic rings. The fourth-order valence-electron chi connectivity index (χ4n) is 2.95. The van der Waals surface area contributed by atoms with Crippen molar-refractivity contribution in [3.05, 3.63) is 47.4 Å². The summed E-state index contributed by atoms with van der Waals surface area (Å²) in [6.45, 7) is 4.52. The lowest BCUT2D eigenvalue weighted by Crippen LogP contribution is -2.29. The Morgan fingerprint density at radius 3 is 2.91 bits per heavy atom. The number of hydrogen-bond donors (Lipinski definition) is 1. The number of β-amino-alcohol motifs (C(OH)–C–C–N with tert-alkyl or cyclic N) is 1. The molecule has 1 aliphatic heterocycles. The summed E-state index contributed by atoms with van der Waals surface area (Å²) in [5, 5.41) is 10.3. The smallest absolute Gasteiger partial charge is 0.291 e. The summed E-state index contributed by atoms with van der Waals surface area (Å²) in [6.07, 6.45) is 2.50. The summed E-state index contributed by atoms with van der Waals surface area (Å²) in [5.74, 6) is 0.642. The van der Waals surface area contributed by atoms with Crippen molar-refractivity contribution in [2.45, 2.75) is 32.8 Å². The molecule has 0 bridgehead atoms. The van der Waals surface area contributed by atoms with Crippen molar-refractivity contribution in [1.29, 1.82) is 0 Å². The number of rotatable bonds is 4. The van der Waals surface area contributed by atoms with Crippen LogP contribution in [-0.2, 0) is 12.8 Å². The van der Waals surface area contributed by atoms with Crippen LogP contribution < -0.4 is 0 Å². The molecule has 0 saturated carbocycles. The number of aromatic nitrogens is 2. The fraction of sp³-hybridized carbons (Fsp3) is 0.471. The van der Waals surface area contributed by atoms with Crippen molar-refractivity contribution in [1.82, 2.24) is 14.9 Å². The van der Waals surface area contributed by atoms with Crippen LogP contribution in [0.4, 0.5) is 0 Å². The molecule has 0 spiro atoms. The molecule has 2 aromatic heterocycles. The van der Waals surface area contributed by atoms with Gasteiger partial charge in [0.1, 0.15) is 0 Å². The lowest BCUT2D eigenvalue weighted by molar-refractivity contribution is 0.0731. The van der Waals surface area contributed by atoms with E-state index in [0.717, 1.165) is 5.69 Å². The van der Waals surface area contributed by atoms with E-state index in [2.05, 4.69) is 9.97 Å². The average Bonchev–Trinajstić information content (AvgIpc) is 3.11. The Kier molecular flexibility index (Phi) is 4.43. The van der Waals surface area contributed by atoms with Gasteiger partial charge in [0.05, 0.1) is 11.8 Å². The van der Waals surface area contributed by atoms with Crippen molar-refractivity contribution in [2.75, 3.05) is 13.1 Å². The average molecular weight is 315 g/mol. The molecule has 1 N–H and O–H groups in total. The van der Waals surface area contributed by atoms with E-state index in [1.54, 1.807) is 18.0 Å². The first-order valence-corrected chi connectivity index (χ1v) is 7.92. The number of pyridine rings is 1. The Bertz CT molecular complexity index is 684. The number of aliphatic hydroxyl groups is 1. The predicted octanol–water partition coefficient (Wildman–Crippen LogP) is 1.62. The summed E-state index contributed by atoms with van der Waals surface area (Å²) < 4.78 is 5.53. The lowest BCUT2D eigenvalue weighted by Gasteiger charge is -2.14.